The zero-order valence-corrected chi connectivity index (χ0v) is 8.99. The molecule has 0 bridgehead atoms. The number of thiophene rings is 1. The quantitative estimate of drug-likeness (QED) is 0.621. The van der Waals surface area contributed by atoms with Gasteiger partial charge in [-0.15, -0.1) is 0 Å². The first-order valence-electron chi connectivity index (χ1n) is 4.46. The van der Waals surface area contributed by atoms with E-state index in [1.54, 1.807) is 6.07 Å². The largest absolute Gasteiger partial charge is 0.481 e. The number of carbonyl (C=O) groups is 1. The zero-order chi connectivity index (χ0) is 11.4. The molecule has 1 aromatic heterocycles. The molecule has 0 radical (unpaired) electrons. The van der Waals surface area contributed by atoms with Gasteiger partial charge in [0.05, 0.1) is 4.92 Å². The molecule has 0 aliphatic rings. The molecule has 0 saturated carbocycles. The summed E-state index contributed by atoms with van der Waals surface area (Å²) in [5, 5.41) is 19.0. The van der Waals surface area contributed by atoms with Crippen LogP contribution in [0.2, 0.25) is 0 Å². The van der Waals surface area contributed by atoms with Crippen molar-refractivity contribution in [2.24, 2.45) is 0 Å². The lowest BCUT2D eigenvalue weighted by atomic mass is 10.0. The number of hydrogen-bond acceptors (Lipinski definition) is 4. The molecule has 15 heavy (non-hydrogen) atoms. The first-order valence-corrected chi connectivity index (χ1v) is 5.28. The van der Waals surface area contributed by atoms with Crippen molar-refractivity contribution in [2.75, 3.05) is 0 Å². The summed E-state index contributed by atoms with van der Waals surface area (Å²) in [6.07, 6.45) is 0.597. The Morgan fingerprint density at radius 2 is 2.33 bits per heavy atom. The molecule has 1 atom stereocenters. The second-order valence-corrected chi connectivity index (χ2v) is 4.36. The van der Waals surface area contributed by atoms with Crippen LogP contribution in [-0.2, 0) is 4.79 Å². The van der Waals surface area contributed by atoms with Gasteiger partial charge in [0, 0.05) is 17.4 Å². The Balaban J connectivity index is 2.61. The second-order valence-electron chi connectivity index (χ2n) is 3.27. The van der Waals surface area contributed by atoms with Gasteiger partial charge >= 0.3 is 11.0 Å². The molecule has 0 spiro atoms. The highest BCUT2D eigenvalue weighted by Crippen LogP contribution is 2.31. The van der Waals surface area contributed by atoms with Crippen LogP contribution >= 0.6 is 11.3 Å². The minimum absolute atomic E-state index is 0.0554. The molecular formula is C9H11NO4S. The topological polar surface area (TPSA) is 80.4 Å². The van der Waals surface area contributed by atoms with Gasteiger partial charge in [-0.1, -0.05) is 18.3 Å². The van der Waals surface area contributed by atoms with Gasteiger partial charge in [0.25, 0.3) is 0 Å². The number of carboxylic acid groups (broad SMARTS) is 1. The van der Waals surface area contributed by atoms with Crippen molar-refractivity contribution in [1.29, 1.82) is 0 Å². The molecule has 82 valence electrons. The normalized spacial score (nSPS) is 12.3. The summed E-state index contributed by atoms with van der Waals surface area (Å²) >= 11 is 1.11. The van der Waals surface area contributed by atoms with Gasteiger partial charge in [-0.25, -0.2) is 0 Å². The number of hydrogen-bond donors (Lipinski definition) is 1. The maximum atomic E-state index is 10.4. The number of carboxylic acids is 1. The number of aliphatic carboxylic acids is 1. The molecule has 1 rings (SSSR count). The van der Waals surface area contributed by atoms with Crippen LogP contribution in [0.4, 0.5) is 5.00 Å². The van der Waals surface area contributed by atoms with Gasteiger partial charge < -0.3 is 5.11 Å². The summed E-state index contributed by atoms with van der Waals surface area (Å²) in [6.45, 7) is 1.87. The lowest BCUT2D eigenvalue weighted by molar-refractivity contribution is -0.380. The monoisotopic (exact) mass is 229 g/mol. The molecule has 0 fully saturated rings. The Morgan fingerprint density at radius 3 is 2.80 bits per heavy atom. The highest BCUT2D eigenvalue weighted by Gasteiger charge is 2.15. The van der Waals surface area contributed by atoms with Crippen molar-refractivity contribution in [3.8, 4) is 0 Å². The summed E-state index contributed by atoms with van der Waals surface area (Å²) in [5.74, 6) is -0.785. The molecule has 1 unspecified atom stereocenters. The van der Waals surface area contributed by atoms with E-state index in [0.29, 0.717) is 6.42 Å². The predicted molar refractivity (Wildman–Crippen MR) is 56.3 cm³/mol. The zero-order valence-electron chi connectivity index (χ0n) is 8.17. The minimum atomic E-state index is -0.840. The van der Waals surface area contributed by atoms with Gasteiger partial charge in [0.15, 0.2) is 0 Å². The lowest BCUT2D eigenvalue weighted by Crippen LogP contribution is -1.98. The summed E-state index contributed by atoms with van der Waals surface area (Å²) in [6, 6.07) is 3.15. The number of nitrogens with zero attached hydrogens (tertiary/aromatic N) is 1. The molecule has 0 aliphatic heterocycles. The van der Waals surface area contributed by atoms with E-state index >= 15 is 0 Å². The molecule has 1 aromatic rings. The van der Waals surface area contributed by atoms with Crippen LogP contribution in [0.5, 0.6) is 0 Å². The fraction of sp³-hybridized carbons (Fsp3) is 0.444. The Labute approximate surface area is 90.5 Å². The molecular weight excluding hydrogens is 218 g/mol. The Kier molecular flexibility index (Phi) is 3.79. The van der Waals surface area contributed by atoms with Crippen LogP contribution in [0, 0.1) is 10.1 Å². The van der Waals surface area contributed by atoms with E-state index in [4.69, 9.17) is 5.11 Å². The highest BCUT2D eigenvalue weighted by atomic mass is 32.1. The van der Waals surface area contributed by atoms with E-state index < -0.39 is 10.9 Å². The van der Waals surface area contributed by atoms with E-state index in [1.165, 1.54) is 6.07 Å². The lowest BCUT2D eigenvalue weighted by Gasteiger charge is -2.05. The van der Waals surface area contributed by atoms with Crippen LogP contribution in [0.3, 0.4) is 0 Å². The standard InChI is InChI=1S/C9H11NO4S/c1-6(2-5-9(11)12)7-3-4-8(15-7)10(13)14/h3-4,6H,2,5H2,1H3,(H,11,12). The molecule has 1 heterocycles. The summed E-state index contributed by atoms with van der Waals surface area (Å²) in [5.41, 5.74) is 0. The van der Waals surface area contributed by atoms with Crippen LogP contribution < -0.4 is 0 Å². The molecule has 0 aromatic carbocycles. The molecule has 6 heteroatoms. The number of rotatable bonds is 5. The molecule has 0 aliphatic carbocycles. The summed E-state index contributed by atoms with van der Waals surface area (Å²) < 4.78 is 0. The minimum Gasteiger partial charge on any atom is -0.481 e. The van der Waals surface area contributed by atoms with E-state index in [1.807, 2.05) is 6.92 Å². The van der Waals surface area contributed by atoms with E-state index in [9.17, 15) is 14.9 Å². The van der Waals surface area contributed by atoms with Crippen molar-refractivity contribution >= 4 is 22.3 Å². The van der Waals surface area contributed by atoms with E-state index in [0.717, 1.165) is 16.2 Å². The molecule has 0 saturated heterocycles. The number of nitro groups is 1. The van der Waals surface area contributed by atoms with E-state index in [2.05, 4.69) is 0 Å². The summed E-state index contributed by atoms with van der Waals surface area (Å²) in [7, 11) is 0. The maximum Gasteiger partial charge on any atom is 0.324 e. The Bertz CT molecular complexity index is 374. The smallest absolute Gasteiger partial charge is 0.324 e. The third-order valence-electron chi connectivity index (χ3n) is 2.07. The Hall–Kier alpha value is -1.43. The van der Waals surface area contributed by atoms with Gasteiger partial charge in [-0.05, 0) is 18.4 Å². The van der Waals surface area contributed by atoms with Crippen LogP contribution in [-0.4, -0.2) is 16.0 Å². The third-order valence-corrected chi connectivity index (χ3v) is 3.34. The fourth-order valence-corrected chi connectivity index (χ4v) is 2.09. The Morgan fingerprint density at radius 1 is 1.67 bits per heavy atom. The van der Waals surface area contributed by atoms with Crippen LogP contribution in [0.1, 0.15) is 30.6 Å². The van der Waals surface area contributed by atoms with Crippen LogP contribution in [0.15, 0.2) is 12.1 Å². The fourth-order valence-electron chi connectivity index (χ4n) is 1.19. The maximum absolute atomic E-state index is 10.4. The van der Waals surface area contributed by atoms with Gasteiger partial charge in [-0.2, -0.15) is 0 Å². The second kappa shape index (κ2) is 4.88. The molecule has 5 nitrogen and oxygen atoms in total. The predicted octanol–water partition coefficient (Wildman–Crippen LogP) is 2.62. The first-order chi connectivity index (χ1) is 7.00. The average molecular weight is 229 g/mol. The average Bonchev–Trinajstić information content (AvgIpc) is 2.62. The van der Waals surface area contributed by atoms with Crippen molar-refractivity contribution in [2.45, 2.75) is 25.7 Å². The molecule has 0 amide bonds. The third kappa shape index (κ3) is 3.32. The van der Waals surface area contributed by atoms with Crippen LogP contribution in [0.25, 0.3) is 0 Å². The highest BCUT2D eigenvalue weighted by molar-refractivity contribution is 7.15. The first kappa shape index (κ1) is 11.6. The SMILES string of the molecule is CC(CCC(=O)O)c1ccc([N+](=O)[O-])s1. The molecule has 1 N–H and O–H groups in total. The van der Waals surface area contributed by atoms with Crippen molar-refractivity contribution in [1.82, 2.24) is 0 Å². The van der Waals surface area contributed by atoms with Crippen molar-refractivity contribution in [3.05, 3.63) is 27.1 Å². The van der Waals surface area contributed by atoms with E-state index in [-0.39, 0.29) is 17.3 Å². The van der Waals surface area contributed by atoms with Crippen molar-refractivity contribution < 1.29 is 14.8 Å². The van der Waals surface area contributed by atoms with Gasteiger partial charge in [-0.3, -0.25) is 14.9 Å². The summed E-state index contributed by atoms with van der Waals surface area (Å²) in [4.78, 5) is 21.2. The van der Waals surface area contributed by atoms with Gasteiger partial charge in [0.1, 0.15) is 0 Å². The van der Waals surface area contributed by atoms with Crippen molar-refractivity contribution in [3.63, 3.8) is 0 Å². The van der Waals surface area contributed by atoms with Gasteiger partial charge in [0.2, 0.25) is 0 Å².